The fourth-order valence-electron chi connectivity index (χ4n) is 1.56. The number of aromatic carboxylic acids is 1. The molecular formula is C13H17FN2O4. The maximum Gasteiger partial charge on any atom is 0.337 e. The van der Waals surface area contributed by atoms with Crippen molar-refractivity contribution in [3.05, 3.63) is 29.6 Å². The van der Waals surface area contributed by atoms with Crippen molar-refractivity contribution in [1.29, 1.82) is 0 Å². The summed E-state index contributed by atoms with van der Waals surface area (Å²) in [6.07, 6.45) is 1.50. The fraction of sp³-hybridized carbons (Fsp3) is 0.385. The molecule has 1 aromatic carbocycles. The fourth-order valence-corrected chi connectivity index (χ4v) is 1.56. The van der Waals surface area contributed by atoms with E-state index in [1.165, 1.54) is 12.1 Å². The average molecular weight is 284 g/mol. The average Bonchev–Trinajstić information content (AvgIpc) is 2.40. The van der Waals surface area contributed by atoms with E-state index in [0.717, 1.165) is 12.5 Å². The zero-order valence-electron chi connectivity index (χ0n) is 11.1. The number of methoxy groups -OCH3 is 1. The van der Waals surface area contributed by atoms with Crippen LogP contribution in [-0.4, -0.2) is 37.4 Å². The molecule has 0 saturated heterocycles. The predicted octanol–water partition coefficient (Wildman–Crippen LogP) is 2.07. The molecule has 110 valence electrons. The second kappa shape index (κ2) is 8.11. The number of rotatable bonds is 7. The van der Waals surface area contributed by atoms with Gasteiger partial charge in [-0.05, 0) is 25.0 Å². The molecule has 0 radical (unpaired) electrons. The first-order valence-electron chi connectivity index (χ1n) is 6.12. The third-order valence-corrected chi connectivity index (χ3v) is 2.54. The number of benzene rings is 1. The molecule has 1 rings (SSSR count). The molecule has 0 aromatic heterocycles. The molecule has 20 heavy (non-hydrogen) atoms. The summed E-state index contributed by atoms with van der Waals surface area (Å²) >= 11 is 0. The van der Waals surface area contributed by atoms with Gasteiger partial charge in [-0.15, -0.1) is 0 Å². The molecule has 3 N–H and O–H groups in total. The number of amides is 2. The Morgan fingerprint density at radius 2 is 2.10 bits per heavy atom. The number of halogens is 1. The van der Waals surface area contributed by atoms with E-state index in [9.17, 15) is 14.0 Å². The van der Waals surface area contributed by atoms with Gasteiger partial charge in [0.25, 0.3) is 0 Å². The van der Waals surface area contributed by atoms with Gasteiger partial charge in [-0.25, -0.2) is 14.0 Å². The highest BCUT2D eigenvalue weighted by atomic mass is 19.1. The minimum Gasteiger partial charge on any atom is -0.478 e. The molecule has 0 unspecified atom stereocenters. The van der Waals surface area contributed by atoms with Gasteiger partial charge in [0.05, 0.1) is 11.3 Å². The van der Waals surface area contributed by atoms with Crippen molar-refractivity contribution in [1.82, 2.24) is 5.32 Å². The van der Waals surface area contributed by atoms with Gasteiger partial charge in [-0.1, -0.05) is 6.07 Å². The van der Waals surface area contributed by atoms with Gasteiger partial charge >= 0.3 is 12.0 Å². The van der Waals surface area contributed by atoms with E-state index in [2.05, 4.69) is 10.6 Å². The predicted molar refractivity (Wildman–Crippen MR) is 71.5 cm³/mol. The lowest BCUT2D eigenvalue weighted by Gasteiger charge is -2.10. The molecule has 0 atom stereocenters. The largest absolute Gasteiger partial charge is 0.478 e. The summed E-state index contributed by atoms with van der Waals surface area (Å²) in [5, 5.41) is 13.7. The van der Waals surface area contributed by atoms with Crippen LogP contribution in [0.1, 0.15) is 23.2 Å². The van der Waals surface area contributed by atoms with Gasteiger partial charge in [0, 0.05) is 20.3 Å². The number of hydrogen-bond acceptors (Lipinski definition) is 3. The van der Waals surface area contributed by atoms with Crippen molar-refractivity contribution in [3.8, 4) is 0 Å². The molecule has 0 aliphatic heterocycles. The molecule has 0 spiro atoms. The molecule has 0 fully saturated rings. The number of carbonyl (C=O) groups is 2. The maximum atomic E-state index is 13.5. The number of urea groups is 1. The Bertz CT molecular complexity index is 479. The molecule has 7 heteroatoms. The van der Waals surface area contributed by atoms with Gasteiger partial charge in [0.1, 0.15) is 5.82 Å². The Kier molecular flexibility index (Phi) is 6.45. The van der Waals surface area contributed by atoms with Crippen LogP contribution in [0.3, 0.4) is 0 Å². The van der Waals surface area contributed by atoms with Gasteiger partial charge < -0.3 is 20.5 Å². The number of carboxylic acids is 1. The van der Waals surface area contributed by atoms with Crippen molar-refractivity contribution < 1.29 is 23.8 Å². The van der Waals surface area contributed by atoms with Crippen LogP contribution in [0, 0.1) is 5.82 Å². The Hall–Kier alpha value is -2.15. The second-order valence-corrected chi connectivity index (χ2v) is 4.05. The summed E-state index contributed by atoms with van der Waals surface area (Å²) in [7, 11) is 1.59. The smallest absolute Gasteiger partial charge is 0.337 e. The van der Waals surface area contributed by atoms with Gasteiger partial charge in [0.2, 0.25) is 0 Å². The van der Waals surface area contributed by atoms with E-state index in [1.807, 2.05) is 0 Å². The number of ether oxygens (including phenoxy) is 1. The topological polar surface area (TPSA) is 87.7 Å². The van der Waals surface area contributed by atoms with E-state index >= 15 is 0 Å². The van der Waals surface area contributed by atoms with Crippen LogP contribution in [0.4, 0.5) is 14.9 Å². The summed E-state index contributed by atoms with van der Waals surface area (Å²) in [5.41, 5.74) is -0.631. The number of para-hydroxylation sites is 1. The minimum atomic E-state index is -1.31. The summed E-state index contributed by atoms with van der Waals surface area (Å²) in [6.45, 7) is 0.992. The lowest BCUT2D eigenvalue weighted by molar-refractivity contribution is 0.0697. The number of hydrogen-bond donors (Lipinski definition) is 3. The monoisotopic (exact) mass is 284 g/mol. The summed E-state index contributed by atoms with van der Waals surface area (Å²) in [6, 6.07) is 2.93. The van der Waals surface area contributed by atoms with E-state index < -0.39 is 17.8 Å². The number of carbonyl (C=O) groups excluding carboxylic acids is 1. The van der Waals surface area contributed by atoms with E-state index in [1.54, 1.807) is 7.11 Å². The van der Waals surface area contributed by atoms with Crippen LogP contribution < -0.4 is 10.6 Å². The molecule has 0 aliphatic rings. The quantitative estimate of drug-likeness (QED) is 0.669. The van der Waals surface area contributed by atoms with Gasteiger partial charge in [-0.2, -0.15) is 0 Å². The molecule has 0 aliphatic carbocycles. The molecule has 0 saturated carbocycles. The number of anilines is 1. The molecule has 6 nitrogen and oxygen atoms in total. The highest BCUT2D eigenvalue weighted by molar-refractivity contribution is 6.00. The summed E-state index contributed by atoms with van der Waals surface area (Å²) in [4.78, 5) is 22.5. The zero-order chi connectivity index (χ0) is 15.0. The summed E-state index contributed by atoms with van der Waals surface area (Å²) < 4.78 is 18.4. The van der Waals surface area contributed by atoms with Crippen molar-refractivity contribution >= 4 is 17.7 Å². The molecule has 0 heterocycles. The third kappa shape index (κ3) is 4.85. The Morgan fingerprint density at radius 3 is 2.75 bits per heavy atom. The molecular weight excluding hydrogens is 267 g/mol. The van der Waals surface area contributed by atoms with E-state index in [4.69, 9.17) is 9.84 Å². The standard InChI is InChI=1S/C13H17FN2O4/c1-20-8-3-2-7-15-13(19)16-11-9(12(17)18)5-4-6-10(11)14/h4-6H,2-3,7-8H2,1H3,(H,17,18)(H2,15,16,19). The first-order chi connectivity index (χ1) is 9.56. The van der Waals surface area contributed by atoms with Crippen LogP contribution in [0.2, 0.25) is 0 Å². The maximum absolute atomic E-state index is 13.5. The van der Waals surface area contributed by atoms with Gasteiger partial charge in [0.15, 0.2) is 0 Å². The van der Waals surface area contributed by atoms with E-state index in [0.29, 0.717) is 19.6 Å². The van der Waals surface area contributed by atoms with E-state index in [-0.39, 0.29) is 11.3 Å². The van der Waals surface area contributed by atoms with Gasteiger partial charge in [-0.3, -0.25) is 0 Å². The van der Waals surface area contributed by atoms with Crippen LogP contribution >= 0.6 is 0 Å². The van der Waals surface area contributed by atoms with Crippen molar-refractivity contribution in [3.63, 3.8) is 0 Å². The first-order valence-corrected chi connectivity index (χ1v) is 6.12. The number of unbranched alkanes of at least 4 members (excludes halogenated alkanes) is 1. The lowest BCUT2D eigenvalue weighted by Crippen LogP contribution is -2.30. The first kappa shape index (κ1) is 15.9. The normalized spacial score (nSPS) is 10.1. The van der Waals surface area contributed by atoms with Crippen molar-refractivity contribution in [2.45, 2.75) is 12.8 Å². The minimum absolute atomic E-state index is 0.292. The highest BCUT2D eigenvalue weighted by Gasteiger charge is 2.16. The Morgan fingerprint density at radius 1 is 1.35 bits per heavy atom. The molecule has 0 bridgehead atoms. The highest BCUT2D eigenvalue weighted by Crippen LogP contribution is 2.19. The molecule has 2 amide bonds. The molecule has 1 aromatic rings. The number of nitrogens with one attached hydrogen (secondary N) is 2. The van der Waals surface area contributed by atoms with Crippen LogP contribution in [0.15, 0.2) is 18.2 Å². The lowest BCUT2D eigenvalue weighted by atomic mass is 10.1. The Balaban J connectivity index is 2.55. The summed E-state index contributed by atoms with van der Waals surface area (Å²) in [5.74, 6) is -2.10. The second-order valence-electron chi connectivity index (χ2n) is 4.05. The van der Waals surface area contributed by atoms with Crippen molar-refractivity contribution in [2.75, 3.05) is 25.6 Å². The van der Waals surface area contributed by atoms with Crippen LogP contribution in [0.25, 0.3) is 0 Å². The SMILES string of the molecule is COCCCCNC(=O)Nc1c(F)cccc1C(=O)O. The zero-order valence-corrected chi connectivity index (χ0v) is 11.1. The number of carboxylic acid groups (broad SMARTS) is 1. The van der Waals surface area contributed by atoms with Crippen LogP contribution in [-0.2, 0) is 4.74 Å². The van der Waals surface area contributed by atoms with Crippen molar-refractivity contribution in [2.24, 2.45) is 0 Å². The Labute approximate surface area is 115 Å². The van der Waals surface area contributed by atoms with Crippen LogP contribution in [0.5, 0.6) is 0 Å². The third-order valence-electron chi connectivity index (χ3n) is 2.54.